The van der Waals surface area contributed by atoms with Crippen molar-refractivity contribution < 1.29 is 14.3 Å². The van der Waals surface area contributed by atoms with Crippen molar-refractivity contribution in [1.29, 1.82) is 0 Å². The molecule has 0 aliphatic carbocycles. The number of nitrogens with zero attached hydrogens (tertiary/aromatic N) is 1. The Morgan fingerprint density at radius 1 is 1.25 bits per heavy atom. The maximum Gasteiger partial charge on any atom is 0.315 e. The number of pyridine rings is 1. The highest BCUT2D eigenvalue weighted by Crippen LogP contribution is 2.17. The van der Waals surface area contributed by atoms with E-state index in [1.54, 1.807) is 19.4 Å². The molecule has 0 spiro atoms. The molecule has 2 rings (SSSR count). The maximum atomic E-state index is 12.0. The Morgan fingerprint density at radius 3 is 2.67 bits per heavy atom. The number of hydrogen-bond acceptors (Lipinski definition) is 4. The van der Waals surface area contributed by atoms with Gasteiger partial charge in [-0.25, -0.2) is 9.78 Å². The number of urea groups is 1. The van der Waals surface area contributed by atoms with E-state index in [1.165, 1.54) is 0 Å². The highest BCUT2D eigenvalue weighted by atomic mass is 16.5. The lowest BCUT2D eigenvalue weighted by molar-refractivity contribution is 0.237. The fourth-order valence-corrected chi connectivity index (χ4v) is 2.20. The van der Waals surface area contributed by atoms with Crippen molar-refractivity contribution in [2.75, 3.05) is 13.7 Å². The summed E-state index contributed by atoms with van der Waals surface area (Å²) < 4.78 is 10.5. The Labute approximate surface area is 142 Å². The molecule has 1 aromatic carbocycles. The van der Waals surface area contributed by atoms with Gasteiger partial charge in [0.05, 0.1) is 19.8 Å². The predicted octanol–water partition coefficient (Wildman–Crippen LogP) is 3.05. The van der Waals surface area contributed by atoms with Crippen LogP contribution in [0.15, 0.2) is 42.6 Å². The van der Waals surface area contributed by atoms with Crippen LogP contribution < -0.4 is 20.1 Å². The van der Waals surface area contributed by atoms with Crippen molar-refractivity contribution in [3.05, 3.63) is 53.7 Å². The van der Waals surface area contributed by atoms with E-state index in [4.69, 9.17) is 9.47 Å². The highest BCUT2D eigenvalue weighted by molar-refractivity contribution is 5.74. The summed E-state index contributed by atoms with van der Waals surface area (Å²) in [7, 11) is 1.56. The lowest BCUT2D eigenvalue weighted by Crippen LogP contribution is -2.36. The molecule has 2 N–H and O–H groups in total. The third kappa shape index (κ3) is 5.15. The third-order valence-electron chi connectivity index (χ3n) is 3.50. The van der Waals surface area contributed by atoms with Gasteiger partial charge in [0.1, 0.15) is 5.75 Å². The molecule has 0 unspecified atom stereocenters. The number of carbonyl (C=O) groups excluding carboxylic acids is 1. The molecule has 0 saturated carbocycles. The minimum absolute atomic E-state index is 0.104. The molecule has 2 amide bonds. The van der Waals surface area contributed by atoms with Crippen molar-refractivity contribution >= 4 is 6.03 Å². The number of nitrogens with one attached hydrogen (secondary N) is 2. The Hall–Kier alpha value is -2.76. The van der Waals surface area contributed by atoms with Gasteiger partial charge in [-0.15, -0.1) is 0 Å². The van der Waals surface area contributed by atoms with Crippen LogP contribution in [-0.2, 0) is 6.54 Å². The highest BCUT2D eigenvalue weighted by Gasteiger charge is 2.09. The Morgan fingerprint density at radius 2 is 2.00 bits per heavy atom. The van der Waals surface area contributed by atoms with E-state index < -0.39 is 0 Å². The minimum Gasteiger partial charge on any atom is -0.494 e. The smallest absolute Gasteiger partial charge is 0.315 e. The first-order chi connectivity index (χ1) is 11.6. The topological polar surface area (TPSA) is 72.5 Å². The second-order valence-electron chi connectivity index (χ2n) is 5.26. The van der Waals surface area contributed by atoms with Gasteiger partial charge in [-0.1, -0.05) is 12.1 Å². The fraction of sp³-hybridized carbons (Fsp3) is 0.333. The first-order valence-electron chi connectivity index (χ1n) is 7.88. The summed E-state index contributed by atoms with van der Waals surface area (Å²) >= 11 is 0. The SMILES string of the molecule is CCOc1ccc([C@H](C)NC(=O)NCc2ccnc(OC)c2)cc1. The van der Waals surface area contributed by atoms with Gasteiger partial charge in [0.15, 0.2) is 0 Å². The summed E-state index contributed by atoms with van der Waals surface area (Å²) in [6.07, 6.45) is 1.65. The lowest BCUT2D eigenvalue weighted by Gasteiger charge is -2.15. The van der Waals surface area contributed by atoms with Crippen molar-refractivity contribution in [2.24, 2.45) is 0 Å². The van der Waals surface area contributed by atoms with Crippen molar-refractivity contribution in [2.45, 2.75) is 26.4 Å². The number of hydrogen-bond donors (Lipinski definition) is 2. The number of carbonyl (C=O) groups is 1. The molecule has 1 aromatic heterocycles. The molecule has 128 valence electrons. The van der Waals surface area contributed by atoms with Crippen LogP contribution in [0.2, 0.25) is 0 Å². The summed E-state index contributed by atoms with van der Waals surface area (Å²) in [5, 5.41) is 5.73. The van der Waals surface area contributed by atoms with Gasteiger partial charge in [-0.2, -0.15) is 0 Å². The normalized spacial score (nSPS) is 11.5. The van der Waals surface area contributed by atoms with Crippen LogP contribution in [0.5, 0.6) is 11.6 Å². The van der Waals surface area contributed by atoms with Crippen LogP contribution in [-0.4, -0.2) is 24.7 Å². The molecule has 6 heteroatoms. The lowest BCUT2D eigenvalue weighted by atomic mass is 10.1. The number of benzene rings is 1. The van der Waals surface area contributed by atoms with Crippen LogP contribution in [0.25, 0.3) is 0 Å². The van der Waals surface area contributed by atoms with Gasteiger partial charge >= 0.3 is 6.03 Å². The van der Waals surface area contributed by atoms with Crippen LogP contribution in [0.1, 0.15) is 31.0 Å². The maximum absolute atomic E-state index is 12.0. The van der Waals surface area contributed by atoms with Crippen molar-refractivity contribution in [3.8, 4) is 11.6 Å². The largest absolute Gasteiger partial charge is 0.494 e. The Kier molecular flexibility index (Phi) is 6.42. The molecule has 1 heterocycles. The van der Waals surface area contributed by atoms with Gasteiger partial charge in [-0.3, -0.25) is 0 Å². The summed E-state index contributed by atoms with van der Waals surface area (Å²) in [4.78, 5) is 16.1. The van der Waals surface area contributed by atoms with E-state index in [0.717, 1.165) is 16.9 Å². The molecule has 0 bridgehead atoms. The summed E-state index contributed by atoms with van der Waals surface area (Å²) in [5.74, 6) is 1.35. The molecule has 0 saturated heterocycles. The van der Waals surface area contributed by atoms with Crippen molar-refractivity contribution in [3.63, 3.8) is 0 Å². The van der Waals surface area contributed by atoms with E-state index in [-0.39, 0.29) is 12.1 Å². The monoisotopic (exact) mass is 329 g/mol. The molecule has 2 aromatic rings. The van der Waals surface area contributed by atoms with Crippen LogP contribution >= 0.6 is 0 Å². The Bertz CT molecular complexity index is 659. The zero-order chi connectivity index (χ0) is 17.4. The zero-order valence-corrected chi connectivity index (χ0v) is 14.2. The van der Waals surface area contributed by atoms with Gasteiger partial charge in [0, 0.05) is 18.8 Å². The minimum atomic E-state index is -0.229. The van der Waals surface area contributed by atoms with E-state index in [9.17, 15) is 4.79 Å². The average molecular weight is 329 g/mol. The van der Waals surface area contributed by atoms with Crippen molar-refractivity contribution in [1.82, 2.24) is 15.6 Å². The van der Waals surface area contributed by atoms with Crippen LogP contribution in [0.3, 0.4) is 0 Å². The standard InChI is InChI=1S/C18H23N3O3/c1-4-24-16-7-5-15(6-8-16)13(2)21-18(22)20-12-14-9-10-19-17(11-14)23-3/h5-11,13H,4,12H2,1-3H3,(H2,20,21,22)/t13-/m0/s1. The predicted molar refractivity (Wildman–Crippen MR) is 92.2 cm³/mol. The second kappa shape index (κ2) is 8.76. The number of ether oxygens (including phenoxy) is 2. The summed E-state index contributed by atoms with van der Waals surface area (Å²) in [6.45, 7) is 4.92. The molecular weight excluding hydrogens is 306 g/mol. The van der Waals surface area contributed by atoms with E-state index in [0.29, 0.717) is 19.0 Å². The van der Waals surface area contributed by atoms with E-state index in [2.05, 4.69) is 15.6 Å². The number of methoxy groups -OCH3 is 1. The summed E-state index contributed by atoms with van der Waals surface area (Å²) in [5.41, 5.74) is 1.94. The molecule has 24 heavy (non-hydrogen) atoms. The first-order valence-corrected chi connectivity index (χ1v) is 7.88. The zero-order valence-electron chi connectivity index (χ0n) is 14.2. The number of rotatable bonds is 7. The van der Waals surface area contributed by atoms with Gasteiger partial charge in [0.25, 0.3) is 0 Å². The second-order valence-corrected chi connectivity index (χ2v) is 5.26. The molecule has 0 aliphatic heterocycles. The van der Waals surface area contributed by atoms with Crippen LogP contribution in [0, 0.1) is 0 Å². The Balaban J connectivity index is 1.84. The number of amides is 2. The molecular formula is C18H23N3O3. The molecule has 6 nitrogen and oxygen atoms in total. The van der Waals surface area contributed by atoms with Crippen LogP contribution in [0.4, 0.5) is 4.79 Å². The molecule has 1 atom stereocenters. The third-order valence-corrected chi connectivity index (χ3v) is 3.50. The van der Waals surface area contributed by atoms with E-state index in [1.807, 2.05) is 44.2 Å². The van der Waals surface area contributed by atoms with Gasteiger partial charge < -0.3 is 20.1 Å². The van der Waals surface area contributed by atoms with Gasteiger partial charge in [0.2, 0.25) is 5.88 Å². The quantitative estimate of drug-likeness (QED) is 0.819. The average Bonchev–Trinajstić information content (AvgIpc) is 2.61. The molecule has 0 radical (unpaired) electrons. The fourth-order valence-electron chi connectivity index (χ4n) is 2.20. The molecule has 0 aliphatic rings. The first kappa shape index (κ1) is 17.6. The van der Waals surface area contributed by atoms with E-state index >= 15 is 0 Å². The number of aromatic nitrogens is 1. The molecule has 0 fully saturated rings. The van der Waals surface area contributed by atoms with Gasteiger partial charge in [-0.05, 0) is 43.2 Å². The summed E-state index contributed by atoms with van der Waals surface area (Å²) in [6, 6.07) is 11.0.